The van der Waals surface area contributed by atoms with Crippen LogP contribution in [-0.2, 0) is 4.74 Å². The number of rotatable bonds is 3. The second-order valence-corrected chi connectivity index (χ2v) is 6.18. The summed E-state index contributed by atoms with van der Waals surface area (Å²) in [5.41, 5.74) is 0. The Bertz CT molecular complexity index is 194. The van der Waals surface area contributed by atoms with Gasteiger partial charge in [0.2, 0.25) is 0 Å². The maximum absolute atomic E-state index is 5.66. The van der Waals surface area contributed by atoms with Crippen LogP contribution in [0.15, 0.2) is 0 Å². The fourth-order valence-electron chi connectivity index (χ4n) is 2.61. The minimum atomic E-state index is 0.557. The first-order chi connectivity index (χ1) is 7.25. The smallest absolute Gasteiger partial charge is 0.0588 e. The van der Waals surface area contributed by atoms with Gasteiger partial charge in [-0.05, 0) is 38.1 Å². The van der Waals surface area contributed by atoms with Crippen LogP contribution < -0.4 is 0 Å². The average molecular weight is 276 g/mol. The van der Waals surface area contributed by atoms with Gasteiger partial charge >= 0.3 is 0 Å². The molecular weight excluding hydrogens is 254 g/mol. The summed E-state index contributed by atoms with van der Waals surface area (Å²) in [5.74, 6) is 0.795. The standard InChI is InChI=1S/C12H22BrNO/c1-10-9-14(7-5-12(10)13)6-4-11-3-2-8-15-11/h10-12H,2-9H2,1H3. The number of hydrogen-bond acceptors (Lipinski definition) is 2. The Morgan fingerprint density at radius 2 is 2.27 bits per heavy atom. The molecule has 0 spiro atoms. The van der Waals surface area contributed by atoms with E-state index >= 15 is 0 Å². The van der Waals surface area contributed by atoms with Gasteiger partial charge in [0, 0.05) is 24.5 Å². The van der Waals surface area contributed by atoms with Gasteiger partial charge in [-0.25, -0.2) is 0 Å². The van der Waals surface area contributed by atoms with E-state index in [1.54, 1.807) is 0 Å². The molecule has 0 saturated carbocycles. The molecule has 3 atom stereocenters. The molecule has 2 saturated heterocycles. The number of hydrogen-bond donors (Lipinski definition) is 0. The highest BCUT2D eigenvalue weighted by atomic mass is 79.9. The first-order valence-corrected chi connectivity index (χ1v) is 7.15. The van der Waals surface area contributed by atoms with E-state index in [1.807, 2.05) is 0 Å². The van der Waals surface area contributed by atoms with Crippen LogP contribution >= 0.6 is 15.9 Å². The lowest BCUT2D eigenvalue weighted by Crippen LogP contribution is -2.40. The summed E-state index contributed by atoms with van der Waals surface area (Å²) in [4.78, 5) is 3.33. The van der Waals surface area contributed by atoms with Gasteiger partial charge in [-0.1, -0.05) is 22.9 Å². The van der Waals surface area contributed by atoms with Crippen molar-refractivity contribution in [1.29, 1.82) is 0 Å². The molecule has 88 valence electrons. The average Bonchev–Trinajstić information content (AvgIpc) is 2.73. The zero-order valence-corrected chi connectivity index (χ0v) is 11.2. The molecule has 2 aliphatic heterocycles. The maximum atomic E-state index is 5.66. The topological polar surface area (TPSA) is 12.5 Å². The Hall–Kier alpha value is 0.400. The Kier molecular flexibility index (Phi) is 4.47. The molecule has 15 heavy (non-hydrogen) atoms. The van der Waals surface area contributed by atoms with Crippen molar-refractivity contribution in [3.05, 3.63) is 0 Å². The van der Waals surface area contributed by atoms with Crippen LogP contribution in [0.4, 0.5) is 0 Å². The molecule has 2 nitrogen and oxygen atoms in total. The minimum absolute atomic E-state index is 0.557. The van der Waals surface area contributed by atoms with Gasteiger partial charge in [0.25, 0.3) is 0 Å². The van der Waals surface area contributed by atoms with Crippen molar-refractivity contribution < 1.29 is 4.74 Å². The van der Waals surface area contributed by atoms with E-state index in [0.717, 1.165) is 17.4 Å². The van der Waals surface area contributed by atoms with Crippen molar-refractivity contribution in [2.24, 2.45) is 5.92 Å². The van der Waals surface area contributed by atoms with Gasteiger partial charge in [-0.3, -0.25) is 0 Å². The zero-order chi connectivity index (χ0) is 10.7. The quantitative estimate of drug-likeness (QED) is 0.735. The van der Waals surface area contributed by atoms with Gasteiger partial charge < -0.3 is 9.64 Å². The minimum Gasteiger partial charge on any atom is -0.378 e. The molecule has 0 aromatic heterocycles. The molecule has 2 aliphatic rings. The highest BCUT2D eigenvalue weighted by Crippen LogP contribution is 2.24. The normalized spacial score (nSPS) is 38.4. The fraction of sp³-hybridized carbons (Fsp3) is 1.00. The van der Waals surface area contributed by atoms with Crippen molar-refractivity contribution in [2.75, 3.05) is 26.2 Å². The van der Waals surface area contributed by atoms with Gasteiger partial charge in [0.05, 0.1) is 6.10 Å². The summed E-state index contributed by atoms with van der Waals surface area (Å²) in [7, 11) is 0. The van der Waals surface area contributed by atoms with Crippen molar-refractivity contribution in [1.82, 2.24) is 4.90 Å². The summed E-state index contributed by atoms with van der Waals surface area (Å²) in [5, 5.41) is 0. The second kappa shape index (κ2) is 5.65. The molecular formula is C12H22BrNO. The first-order valence-electron chi connectivity index (χ1n) is 6.23. The Balaban J connectivity index is 1.66. The molecule has 0 aromatic carbocycles. The molecule has 0 aromatic rings. The Labute approximate surface area is 101 Å². The number of piperidine rings is 1. The van der Waals surface area contributed by atoms with Gasteiger partial charge in [0.15, 0.2) is 0 Å². The SMILES string of the molecule is CC1CN(CCC2CCCO2)CCC1Br. The molecule has 0 aliphatic carbocycles. The summed E-state index contributed by atoms with van der Waals surface area (Å²) < 4.78 is 5.66. The Morgan fingerprint density at radius 3 is 2.93 bits per heavy atom. The van der Waals surface area contributed by atoms with E-state index in [-0.39, 0.29) is 0 Å². The number of nitrogens with zero attached hydrogens (tertiary/aromatic N) is 1. The van der Waals surface area contributed by atoms with Crippen LogP contribution in [0, 0.1) is 5.92 Å². The largest absolute Gasteiger partial charge is 0.378 e. The van der Waals surface area contributed by atoms with E-state index in [2.05, 4.69) is 27.8 Å². The Morgan fingerprint density at radius 1 is 1.40 bits per heavy atom. The van der Waals surface area contributed by atoms with Crippen LogP contribution in [-0.4, -0.2) is 42.1 Å². The third-order valence-corrected chi connectivity index (χ3v) is 5.04. The highest BCUT2D eigenvalue weighted by molar-refractivity contribution is 9.09. The molecule has 2 heterocycles. The summed E-state index contributed by atoms with van der Waals surface area (Å²) in [6.07, 6.45) is 5.64. The van der Waals surface area contributed by atoms with Crippen LogP contribution in [0.25, 0.3) is 0 Å². The third kappa shape index (κ3) is 3.43. The lowest BCUT2D eigenvalue weighted by atomic mass is 9.99. The highest BCUT2D eigenvalue weighted by Gasteiger charge is 2.24. The maximum Gasteiger partial charge on any atom is 0.0588 e. The first kappa shape index (κ1) is 11.9. The fourth-order valence-corrected chi connectivity index (χ4v) is 2.98. The monoisotopic (exact) mass is 275 g/mol. The molecule has 3 heteroatoms. The summed E-state index contributed by atoms with van der Waals surface area (Å²) in [6.45, 7) is 7.08. The third-order valence-electron chi connectivity index (χ3n) is 3.68. The molecule has 2 fully saturated rings. The van der Waals surface area contributed by atoms with E-state index in [4.69, 9.17) is 4.74 Å². The predicted molar refractivity (Wildman–Crippen MR) is 66.5 cm³/mol. The van der Waals surface area contributed by atoms with Crippen molar-refractivity contribution >= 4 is 15.9 Å². The zero-order valence-electron chi connectivity index (χ0n) is 9.62. The van der Waals surface area contributed by atoms with E-state index < -0.39 is 0 Å². The van der Waals surface area contributed by atoms with E-state index in [1.165, 1.54) is 45.3 Å². The van der Waals surface area contributed by atoms with Gasteiger partial charge in [-0.15, -0.1) is 0 Å². The number of likely N-dealkylation sites (tertiary alicyclic amines) is 1. The molecule has 0 radical (unpaired) electrons. The van der Waals surface area contributed by atoms with E-state index in [0.29, 0.717) is 6.10 Å². The van der Waals surface area contributed by atoms with E-state index in [9.17, 15) is 0 Å². The lowest BCUT2D eigenvalue weighted by molar-refractivity contribution is 0.0852. The van der Waals surface area contributed by atoms with Crippen molar-refractivity contribution in [2.45, 2.75) is 43.5 Å². The van der Waals surface area contributed by atoms with Crippen LogP contribution in [0.3, 0.4) is 0 Å². The number of ether oxygens (including phenoxy) is 1. The van der Waals surface area contributed by atoms with Crippen molar-refractivity contribution in [3.8, 4) is 0 Å². The molecule has 0 N–H and O–H groups in total. The lowest BCUT2D eigenvalue weighted by Gasteiger charge is -2.34. The second-order valence-electron chi connectivity index (χ2n) is 5.01. The van der Waals surface area contributed by atoms with Crippen LogP contribution in [0.2, 0.25) is 0 Å². The van der Waals surface area contributed by atoms with Gasteiger partial charge in [0.1, 0.15) is 0 Å². The summed E-state index contributed by atoms with van der Waals surface area (Å²) >= 11 is 3.75. The molecule has 3 unspecified atom stereocenters. The molecule has 0 amide bonds. The summed E-state index contributed by atoms with van der Waals surface area (Å²) in [6, 6.07) is 0. The van der Waals surface area contributed by atoms with Crippen LogP contribution in [0.1, 0.15) is 32.6 Å². The number of alkyl halides is 1. The van der Waals surface area contributed by atoms with Gasteiger partial charge in [-0.2, -0.15) is 0 Å². The number of halogens is 1. The van der Waals surface area contributed by atoms with Crippen molar-refractivity contribution in [3.63, 3.8) is 0 Å². The molecule has 0 bridgehead atoms. The predicted octanol–water partition coefficient (Wildman–Crippen LogP) is 2.66. The molecule has 2 rings (SSSR count). The van der Waals surface area contributed by atoms with Crippen LogP contribution in [0.5, 0.6) is 0 Å².